The average molecular weight is 287 g/mol. The molecule has 1 nitrogen and oxygen atoms in total. The van der Waals surface area contributed by atoms with Gasteiger partial charge < -0.3 is 5.73 Å². The summed E-state index contributed by atoms with van der Waals surface area (Å²) in [5.74, 6) is 0. The van der Waals surface area contributed by atoms with Crippen LogP contribution in [0.1, 0.15) is 88.7 Å². The van der Waals surface area contributed by atoms with E-state index in [1.165, 1.54) is 88.2 Å². The number of hydrogen-bond donors (Lipinski definition) is 1. The van der Waals surface area contributed by atoms with Gasteiger partial charge in [0.1, 0.15) is 0 Å². The Morgan fingerprint density at radius 1 is 0.952 bits per heavy atom. The molecule has 21 heavy (non-hydrogen) atoms. The van der Waals surface area contributed by atoms with Gasteiger partial charge in [0.2, 0.25) is 0 Å². The van der Waals surface area contributed by atoms with E-state index in [0.717, 1.165) is 0 Å². The molecule has 2 rings (SSSR count). The maximum atomic E-state index is 6.75. The maximum Gasteiger partial charge on any atom is 0.0412 e. The zero-order valence-electron chi connectivity index (χ0n) is 13.9. The Morgan fingerprint density at radius 3 is 2.38 bits per heavy atom. The van der Waals surface area contributed by atoms with E-state index in [2.05, 4.69) is 31.2 Å². The third kappa shape index (κ3) is 4.85. The Hall–Kier alpha value is -0.820. The van der Waals surface area contributed by atoms with Gasteiger partial charge in [-0.1, -0.05) is 82.6 Å². The summed E-state index contributed by atoms with van der Waals surface area (Å²) >= 11 is 0. The van der Waals surface area contributed by atoms with Crippen molar-refractivity contribution in [3.8, 4) is 0 Å². The smallest absolute Gasteiger partial charge is 0.0412 e. The number of aryl methyl sites for hydroxylation is 1. The number of rotatable bonds is 9. The summed E-state index contributed by atoms with van der Waals surface area (Å²) in [6.45, 7) is 2.28. The number of unbranched alkanes of at least 4 members (excludes halogenated alkanes) is 7. The van der Waals surface area contributed by atoms with E-state index in [1.807, 2.05) is 0 Å². The van der Waals surface area contributed by atoms with Gasteiger partial charge in [0.25, 0.3) is 0 Å². The van der Waals surface area contributed by atoms with Gasteiger partial charge in [-0.2, -0.15) is 0 Å². The Morgan fingerprint density at radius 2 is 1.62 bits per heavy atom. The van der Waals surface area contributed by atoms with Gasteiger partial charge in [-0.15, -0.1) is 0 Å². The normalized spacial score (nSPS) is 21.2. The molecule has 1 heteroatoms. The number of nitrogens with two attached hydrogens (primary N) is 1. The largest absolute Gasteiger partial charge is 0.321 e. The van der Waals surface area contributed by atoms with E-state index in [0.29, 0.717) is 0 Å². The van der Waals surface area contributed by atoms with Crippen molar-refractivity contribution in [2.45, 2.75) is 89.5 Å². The first-order valence-corrected chi connectivity index (χ1v) is 9.13. The Kier molecular flexibility index (Phi) is 6.76. The van der Waals surface area contributed by atoms with Crippen LogP contribution in [0.3, 0.4) is 0 Å². The minimum Gasteiger partial charge on any atom is -0.321 e. The molecule has 0 bridgehead atoms. The minimum atomic E-state index is -0.0446. The molecule has 1 atom stereocenters. The lowest BCUT2D eigenvalue weighted by molar-refractivity contribution is 0.331. The molecule has 0 aliphatic heterocycles. The Bertz CT molecular complexity index is 412. The van der Waals surface area contributed by atoms with Crippen molar-refractivity contribution >= 4 is 0 Å². The highest BCUT2D eigenvalue weighted by Crippen LogP contribution is 2.36. The summed E-state index contributed by atoms with van der Waals surface area (Å²) in [5.41, 5.74) is 9.63. The fraction of sp³-hybridized carbons (Fsp3) is 0.700. The summed E-state index contributed by atoms with van der Waals surface area (Å²) in [6.07, 6.45) is 15.8. The molecule has 0 saturated heterocycles. The van der Waals surface area contributed by atoms with Crippen LogP contribution in [0.5, 0.6) is 0 Å². The molecule has 0 radical (unpaired) electrons. The molecule has 0 fully saturated rings. The number of fused-ring (bicyclic) bond motifs is 1. The fourth-order valence-corrected chi connectivity index (χ4v) is 3.79. The van der Waals surface area contributed by atoms with Crippen LogP contribution >= 0.6 is 0 Å². The van der Waals surface area contributed by atoms with Gasteiger partial charge >= 0.3 is 0 Å². The molecule has 1 aliphatic rings. The molecule has 1 unspecified atom stereocenters. The first-order chi connectivity index (χ1) is 10.3. The molecule has 0 amide bonds. The van der Waals surface area contributed by atoms with E-state index in [9.17, 15) is 0 Å². The number of hydrogen-bond acceptors (Lipinski definition) is 1. The molecule has 1 aromatic carbocycles. The van der Waals surface area contributed by atoms with Gasteiger partial charge in [0, 0.05) is 5.54 Å². The molecule has 118 valence electrons. The van der Waals surface area contributed by atoms with Crippen molar-refractivity contribution in [3.05, 3.63) is 35.4 Å². The number of benzene rings is 1. The van der Waals surface area contributed by atoms with Crippen LogP contribution in [0, 0.1) is 0 Å². The van der Waals surface area contributed by atoms with Crippen LogP contribution in [-0.2, 0) is 12.0 Å². The van der Waals surface area contributed by atoms with Crippen LogP contribution in [0.4, 0.5) is 0 Å². The maximum absolute atomic E-state index is 6.75. The van der Waals surface area contributed by atoms with Crippen LogP contribution in [-0.4, -0.2) is 0 Å². The monoisotopic (exact) mass is 287 g/mol. The molecule has 2 N–H and O–H groups in total. The second kappa shape index (κ2) is 8.58. The zero-order valence-corrected chi connectivity index (χ0v) is 13.9. The molecule has 0 heterocycles. The van der Waals surface area contributed by atoms with Crippen molar-refractivity contribution in [2.24, 2.45) is 5.73 Å². The lowest BCUT2D eigenvalue weighted by Crippen LogP contribution is -2.40. The van der Waals surface area contributed by atoms with Crippen molar-refractivity contribution < 1.29 is 0 Å². The first-order valence-electron chi connectivity index (χ1n) is 9.13. The van der Waals surface area contributed by atoms with E-state index in [4.69, 9.17) is 5.73 Å². The van der Waals surface area contributed by atoms with Crippen LogP contribution in [0.25, 0.3) is 0 Å². The van der Waals surface area contributed by atoms with Crippen molar-refractivity contribution in [2.75, 3.05) is 0 Å². The summed E-state index contributed by atoms with van der Waals surface area (Å²) in [6, 6.07) is 8.84. The third-order valence-electron chi connectivity index (χ3n) is 5.10. The van der Waals surface area contributed by atoms with Gasteiger partial charge in [-0.3, -0.25) is 0 Å². The molecule has 1 aromatic rings. The molecule has 0 spiro atoms. The molecular formula is C20H33N. The lowest BCUT2D eigenvalue weighted by Gasteiger charge is -2.36. The van der Waals surface area contributed by atoms with Gasteiger partial charge in [-0.25, -0.2) is 0 Å². The van der Waals surface area contributed by atoms with Crippen molar-refractivity contribution in [3.63, 3.8) is 0 Å². The minimum absolute atomic E-state index is 0.0446. The molecule has 1 aliphatic carbocycles. The van der Waals surface area contributed by atoms with Crippen LogP contribution in [0.15, 0.2) is 24.3 Å². The highest BCUT2D eigenvalue weighted by Gasteiger charge is 2.31. The van der Waals surface area contributed by atoms with Gasteiger partial charge in [-0.05, 0) is 36.8 Å². The van der Waals surface area contributed by atoms with Gasteiger partial charge in [0.15, 0.2) is 0 Å². The predicted octanol–water partition coefficient (Wildman–Crippen LogP) is 5.71. The van der Waals surface area contributed by atoms with E-state index in [1.54, 1.807) is 0 Å². The van der Waals surface area contributed by atoms with Crippen molar-refractivity contribution in [1.29, 1.82) is 0 Å². The summed E-state index contributed by atoms with van der Waals surface area (Å²) < 4.78 is 0. The molecule has 0 saturated carbocycles. The van der Waals surface area contributed by atoms with Crippen molar-refractivity contribution in [1.82, 2.24) is 0 Å². The molecular weight excluding hydrogens is 254 g/mol. The summed E-state index contributed by atoms with van der Waals surface area (Å²) in [5, 5.41) is 0. The quantitative estimate of drug-likeness (QED) is 0.579. The summed E-state index contributed by atoms with van der Waals surface area (Å²) in [7, 11) is 0. The zero-order chi connectivity index (χ0) is 15.0. The third-order valence-corrected chi connectivity index (χ3v) is 5.10. The first kappa shape index (κ1) is 16.5. The standard InChI is InChI=1S/C20H33N/c1-2-3-4-5-6-7-8-11-16-20(21)17-12-14-18-13-9-10-15-19(18)20/h9-10,13,15H,2-8,11-12,14,16-17,21H2,1H3. The Balaban J connectivity index is 1.71. The highest BCUT2D eigenvalue weighted by atomic mass is 14.7. The van der Waals surface area contributed by atoms with E-state index < -0.39 is 0 Å². The highest BCUT2D eigenvalue weighted by molar-refractivity contribution is 5.35. The predicted molar refractivity (Wildman–Crippen MR) is 92.5 cm³/mol. The lowest BCUT2D eigenvalue weighted by atomic mass is 9.74. The SMILES string of the molecule is CCCCCCCCCCC1(N)CCCc2ccccc21. The van der Waals surface area contributed by atoms with Crippen LogP contribution in [0.2, 0.25) is 0 Å². The second-order valence-corrected chi connectivity index (χ2v) is 6.89. The summed E-state index contributed by atoms with van der Waals surface area (Å²) in [4.78, 5) is 0. The van der Waals surface area contributed by atoms with Gasteiger partial charge in [0.05, 0.1) is 0 Å². The fourth-order valence-electron chi connectivity index (χ4n) is 3.79. The van der Waals surface area contributed by atoms with Crippen LogP contribution < -0.4 is 5.73 Å². The van der Waals surface area contributed by atoms with E-state index in [-0.39, 0.29) is 5.54 Å². The topological polar surface area (TPSA) is 26.0 Å². The second-order valence-electron chi connectivity index (χ2n) is 6.89. The Labute approximate surface area is 131 Å². The van der Waals surface area contributed by atoms with E-state index >= 15 is 0 Å². The average Bonchev–Trinajstić information content (AvgIpc) is 2.50. The molecule has 0 aromatic heterocycles.